The maximum atomic E-state index is 13.6. The molecule has 39 heavy (non-hydrogen) atoms. The van der Waals surface area contributed by atoms with Gasteiger partial charge in [0.05, 0.1) is 18.1 Å². The molecule has 5 rings (SSSR count). The number of amides is 1. The molecule has 11 heteroatoms. The summed E-state index contributed by atoms with van der Waals surface area (Å²) >= 11 is 0. The smallest absolute Gasteiger partial charge is 0.342 e. The molecule has 1 saturated heterocycles. The van der Waals surface area contributed by atoms with Crippen LogP contribution in [0, 0.1) is 19.7 Å². The van der Waals surface area contributed by atoms with Gasteiger partial charge in [-0.1, -0.05) is 25.1 Å². The Hall–Kier alpha value is -4.50. The van der Waals surface area contributed by atoms with Gasteiger partial charge >= 0.3 is 6.15 Å². The summed E-state index contributed by atoms with van der Waals surface area (Å²) in [6, 6.07) is 12.4. The number of benzene rings is 2. The maximum absolute atomic E-state index is 13.6. The Morgan fingerprint density at radius 1 is 1.10 bits per heavy atom. The third-order valence-electron chi connectivity index (χ3n) is 6.40. The quantitative estimate of drug-likeness (QED) is 0.412. The van der Waals surface area contributed by atoms with Gasteiger partial charge in [-0.15, -0.1) is 0 Å². The first-order valence-corrected chi connectivity index (χ1v) is 12.3. The number of rotatable bonds is 5. The number of nitrogens with zero attached hydrogens (tertiary/aromatic N) is 5. The van der Waals surface area contributed by atoms with Crippen LogP contribution in [-0.4, -0.2) is 50.5 Å². The van der Waals surface area contributed by atoms with Crippen molar-refractivity contribution >= 4 is 24.1 Å². The summed E-state index contributed by atoms with van der Waals surface area (Å²) in [6.45, 7) is 7.78. The molecule has 8 nitrogen and oxygen atoms in total. The standard InChI is InChI=1S/C27H28FN5O.CO2.F2/c1-4-12-31-13-11-25(21-6-8-22(28)9-7-21)33-26(34)23(30-27(31)33)15-20-5-10-24(18(2)14-20)32-16-19(3)29-17-32;2-1-3;1-2/h5-10,14-17,25H,4,11-13H2,1-3H3;;/b23-15-;;/t25-;;/m1../s1. The van der Waals surface area contributed by atoms with E-state index in [1.54, 1.807) is 23.4 Å². The molecule has 1 amide bonds. The highest BCUT2D eigenvalue weighted by Crippen LogP contribution is 2.36. The Morgan fingerprint density at radius 3 is 2.38 bits per heavy atom. The second kappa shape index (κ2) is 13.3. The van der Waals surface area contributed by atoms with Gasteiger partial charge in [-0.05, 0) is 73.7 Å². The van der Waals surface area contributed by atoms with Crippen molar-refractivity contribution in [2.24, 2.45) is 4.99 Å². The van der Waals surface area contributed by atoms with E-state index in [1.807, 2.05) is 42.8 Å². The fourth-order valence-corrected chi connectivity index (χ4v) is 4.78. The lowest BCUT2D eigenvalue weighted by Gasteiger charge is -2.40. The van der Waals surface area contributed by atoms with Crippen molar-refractivity contribution in [1.29, 1.82) is 0 Å². The molecule has 0 radical (unpaired) electrons. The molecule has 0 N–H and O–H groups in total. The highest BCUT2D eigenvalue weighted by Gasteiger charge is 2.42. The van der Waals surface area contributed by atoms with Crippen molar-refractivity contribution in [1.82, 2.24) is 19.4 Å². The third kappa shape index (κ3) is 6.50. The lowest BCUT2D eigenvalue weighted by atomic mass is 9.99. The van der Waals surface area contributed by atoms with Crippen LogP contribution in [0.1, 0.15) is 48.2 Å². The lowest BCUT2D eigenvalue weighted by Crippen LogP contribution is -2.51. The number of halogens is 3. The summed E-state index contributed by atoms with van der Waals surface area (Å²) < 4.78 is 31.5. The number of aliphatic imine (C=N–C) groups is 1. The van der Waals surface area contributed by atoms with Gasteiger partial charge < -0.3 is 9.47 Å². The first-order valence-electron chi connectivity index (χ1n) is 12.3. The zero-order valence-electron chi connectivity index (χ0n) is 21.8. The minimum Gasteiger partial charge on any atom is -0.342 e. The lowest BCUT2D eigenvalue weighted by molar-refractivity contribution is -0.191. The number of fused-ring (bicyclic) bond motifs is 1. The highest BCUT2D eigenvalue weighted by molar-refractivity contribution is 6.14. The Balaban J connectivity index is 0.000000787. The number of carbonyl (C=O) groups excluding carboxylic acids is 3. The molecule has 1 atom stereocenters. The molecule has 0 saturated carbocycles. The molecule has 3 aromatic rings. The first kappa shape index (κ1) is 29.1. The van der Waals surface area contributed by atoms with Crippen molar-refractivity contribution in [2.75, 3.05) is 13.1 Å². The molecule has 204 valence electrons. The second-order valence-electron chi connectivity index (χ2n) is 9.01. The van der Waals surface area contributed by atoms with Crippen LogP contribution in [0.2, 0.25) is 0 Å². The number of carbonyl (C=O) groups is 1. The van der Waals surface area contributed by atoms with Crippen LogP contribution in [0.25, 0.3) is 11.8 Å². The van der Waals surface area contributed by atoms with E-state index in [9.17, 15) is 9.18 Å². The number of hydrogen-bond acceptors (Lipinski definition) is 6. The normalized spacial score (nSPS) is 17.0. The molecule has 0 spiro atoms. The SMILES string of the molecule is CCCN1CC[C@H](c2ccc(F)cc2)N2C(=O)/C(=C/c3ccc(-n4cnc(C)c4)c(C)c3)N=C12.FF.O=C=O. The molecule has 0 bridgehead atoms. The van der Waals surface area contributed by atoms with Crippen LogP contribution >= 0.6 is 0 Å². The van der Waals surface area contributed by atoms with Crippen LogP contribution in [0.5, 0.6) is 0 Å². The number of aromatic nitrogens is 2. The molecule has 0 unspecified atom stereocenters. The van der Waals surface area contributed by atoms with Crippen LogP contribution in [-0.2, 0) is 14.4 Å². The average Bonchev–Trinajstić information content (AvgIpc) is 3.50. The van der Waals surface area contributed by atoms with E-state index >= 15 is 0 Å². The van der Waals surface area contributed by atoms with E-state index in [1.165, 1.54) is 12.1 Å². The van der Waals surface area contributed by atoms with E-state index < -0.39 is 0 Å². The van der Waals surface area contributed by atoms with Crippen molar-refractivity contribution in [2.45, 2.75) is 39.7 Å². The molecule has 2 aromatic carbocycles. The van der Waals surface area contributed by atoms with E-state index in [-0.39, 0.29) is 23.9 Å². The zero-order chi connectivity index (χ0) is 28.5. The number of hydrogen-bond donors (Lipinski definition) is 0. The van der Waals surface area contributed by atoms with Gasteiger partial charge in [-0.25, -0.2) is 14.4 Å². The molecular weight excluding hydrogens is 511 g/mol. The van der Waals surface area contributed by atoms with Crippen LogP contribution in [0.3, 0.4) is 0 Å². The van der Waals surface area contributed by atoms with E-state index in [2.05, 4.69) is 22.9 Å². The fraction of sp³-hybridized carbons (Fsp3) is 0.286. The van der Waals surface area contributed by atoms with Crippen LogP contribution < -0.4 is 0 Å². The summed E-state index contributed by atoms with van der Waals surface area (Å²) in [6.07, 6.45) is 7.65. The average molecular weight is 540 g/mol. The van der Waals surface area contributed by atoms with Crippen molar-refractivity contribution < 1.29 is 27.9 Å². The minimum absolute atomic E-state index is 0.114. The zero-order valence-corrected chi connectivity index (χ0v) is 21.8. The Kier molecular flexibility index (Phi) is 9.94. The number of imidazole rings is 1. The molecule has 2 aliphatic rings. The monoisotopic (exact) mass is 539 g/mol. The summed E-state index contributed by atoms with van der Waals surface area (Å²) in [5.41, 5.74) is 5.37. The van der Waals surface area contributed by atoms with Crippen molar-refractivity contribution in [3.8, 4) is 5.69 Å². The summed E-state index contributed by atoms with van der Waals surface area (Å²) in [7, 11) is 0. The largest absolute Gasteiger partial charge is 0.373 e. The Labute approximate surface area is 223 Å². The summed E-state index contributed by atoms with van der Waals surface area (Å²) in [4.78, 5) is 42.9. The molecule has 3 heterocycles. The van der Waals surface area contributed by atoms with Gasteiger partial charge in [0.1, 0.15) is 11.5 Å². The predicted molar refractivity (Wildman–Crippen MR) is 138 cm³/mol. The van der Waals surface area contributed by atoms with E-state index in [4.69, 9.17) is 23.7 Å². The molecule has 1 fully saturated rings. The number of aryl methyl sites for hydroxylation is 2. The highest BCUT2D eigenvalue weighted by atomic mass is 20.0. The topological polar surface area (TPSA) is 87.9 Å². The van der Waals surface area contributed by atoms with Crippen LogP contribution in [0.15, 0.2) is 65.7 Å². The number of guanidine groups is 1. The summed E-state index contributed by atoms with van der Waals surface area (Å²) in [5.74, 6) is 0.303. The Bertz CT molecular complexity index is 1400. The van der Waals surface area contributed by atoms with Gasteiger partial charge in [0.15, 0.2) is 0 Å². The van der Waals surface area contributed by atoms with Gasteiger partial charge in [0.2, 0.25) is 5.96 Å². The van der Waals surface area contributed by atoms with Crippen molar-refractivity contribution in [3.63, 3.8) is 0 Å². The Morgan fingerprint density at radius 2 is 1.79 bits per heavy atom. The summed E-state index contributed by atoms with van der Waals surface area (Å²) in [5, 5.41) is 0. The predicted octanol–water partition coefficient (Wildman–Crippen LogP) is 5.28. The molecule has 2 aliphatic heterocycles. The third-order valence-corrected chi connectivity index (χ3v) is 6.40. The van der Waals surface area contributed by atoms with Crippen molar-refractivity contribution in [3.05, 3.63) is 88.9 Å². The maximum Gasteiger partial charge on any atom is 0.373 e. The minimum atomic E-state index is -0.279. The van der Waals surface area contributed by atoms with Gasteiger partial charge in [-0.2, -0.15) is 9.59 Å². The van der Waals surface area contributed by atoms with Gasteiger partial charge in [0.25, 0.3) is 5.91 Å². The molecule has 0 aliphatic carbocycles. The van der Waals surface area contributed by atoms with E-state index in [0.717, 1.165) is 54.0 Å². The van der Waals surface area contributed by atoms with Gasteiger partial charge in [-0.3, -0.25) is 9.69 Å². The van der Waals surface area contributed by atoms with Gasteiger partial charge in [0, 0.05) is 34.1 Å². The van der Waals surface area contributed by atoms with E-state index in [0.29, 0.717) is 11.7 Å². The molecular formula is C28H28F3N5O3. The second-order valence-corrected chi connectivity index (χ2v) is 9.01. The fourth-order valence-electron chi connectivity index (χ4n) is 4.78. The molecule has 1 aromatic heterocycles. The first-order chi connectivity index (χ1) is 18.9. The van der Waals surface area contributed by atoms with Crippen LogP contribution in [0.4, 0.5) is 13.5 Å².